The maximum Gasteiger partial charge on any atom is 0.258 e. The molecule has 1 aliphatic rings. The van der Waals surface area contributed by atoms with Crippen molar-refractivity contribution in [2.75, 3.05) is 13.7 Å². The Hall–Kier alpha value is -4.45. The number of nitrogens with two attached hydrogens (primary N) is 1. The lowest BCUT2D eigenvalue weighted by molar-refractivity contribution is -0.123. The fourth-order valence-electron chi connectivity index (χ4n) is 3.71. The third-order valence-electron chi connectivity index (χ3n) is 5.34. The van der Waals surface area contributed by atoms with Crippen molar-refractivity contribution in [3.05, 3.63) is 82.4 Å². The van der Waals surface area contributed by atoms with Gasteiger partial charge in [-0.05, 0) is 30.2 Å². The second kappa shape index (κ2) is 9.36. The van der Waals surface area contributed by atoms with Crippen molar-refractivity contribution in [2.45, 2.75) is 19.4 Å². The Balaban J connectivity index is 1.52. The smallest absolute Gasteiger partial charge is 0.258 e. The molecule has 0 spiro atoms. The van der Waals surface area contributed by atoms with Gasteiger partial charge in [-0.25, -0.2) is 0 Å². The zero-order chi connectivity index (χ0) is 23.4. The molecule has 1 amide bonds. The molecule has 3 aromatic rings. The van der Waals surface area contributed by atoms with Crippen molar-refractivity contribution in [2.24, 2.45) is 5.73 Å². The molecule has 1 aromatic heterocycles. The summed E-state index contributed by atoms with van der Waals surface area (Å²) in [6.07, 6.45) is 0. The van der Waals surface area contributed by atoms with Gasteiger partial charge in [0, 0.05) is 17.8 Å². The average Bonchev–Trinajstić information content (AvgIpc) is 3.20. The highest BCUT2D eigenvalue weighted by atomic mass is 16.5. The summed E-state index contributed by atoms with van der Waals surface area (Å²) in [5, 5.41) is 19.5. The van der Waals surface area contributed by atoms with Crippen LogP contribution in [0, 0.1) is 18.3 Å². The molecule has 33 heavy (non-hydrogen) atoms. The maximum atomic E-state index is 12.2. The van der Waals surface area contributed by atoms with Crippen LogP contribution >= 0.6 is 0 Å². The Labute approximate surface area is 190 Å². The molecule has 0 saturated carbocycles. The number of carbonyl (C=O) groups is 1. The van der Waals surface area contributed by atoms with Crippen LogP contribution in [0.15, 0.2) is 60.0 Å². The van der Waals surface area contributed by atoms with Crippen LogP contribution in [0.25, 0.3) is 0 Å². The molecule has 0 fully saturated rings. The van der Waals surface area contributed by atoms with Crippen LogP contribution < -0.4 is 25.3 Å². The van der Waals surface area contributed by atoms with Gasteiger partial charge in [-0.3, -0.25) is 9.89 Å². The number of aromatic nitrogens is 2. The monoisotopic (exact) mass is 445 g/mol. The number of hydrogen-bond acceptors (Lipinski definition) is 7. The largest absolute Gasteiger partial charge is 0.493 e. The summed E-state index contributed by atoms with van der Waals surface area (Å²) < 4.78 is 16.7. The van der Waals surface area contributed by atoms with Crippen molar-refractivity contribution < 1.29 is 19.0 Å². The molecule has 168 valence electrons. The van der Waals surface area contributed by atoms with E-state index in [0.29, 0.717) is 23.9 Å². The van der Waals surface area contributed by atoms with E-state index in [2.05, 4.69) is 21.6 Å². The van der Waals surface area contributed by atoms with Gasteiger partial charge in [-0.15, -0.1) is 5.10 Å². The fraction of sp³-hybridized carbons (Fsp3) is 0.208. The number of carbonyl (C=O) groups excluding carboxylic acids is 1. The van der Waals surface area contributed by atoms with E-state index in [1.54, 1.807) is 18.2 Å². The zero-order valence-corrected chi connectivity index (χ0v) is 18.2. The Morgan fingerprint density at radius 1 is 1.27 bits per heavy atom. The number of aromatic amines is 1. The number of nitrogens with zero attached hydrogens (tertiary/aromatic N) is 2. The third-order valence-corrected chi connectivity index (χ3v) is 5.34. The molecule has 1 aliphatic heterocycles. The van der Waals surface area contributed by atoms with Crippen LogP contribution in [0.2, 0.25) is 0 Å². The first kappa shape index (κ1) is 21.8. The van der Waals surface area contributed by atoms with E-state index in [1.165, 1.54) is 7.11 Å². The van der Waals surface area contributed by atoms with Crippen LogP contribution in [-0.2, 0) is 11.3 Å². The van der Waals surface area contributed by atoms with Gasteiger partial charge in [-0.1, -0.05) is 36.4 Å². The first-order chi connectivity index (χ1) is 16.0. The summed E-state index contributed by atoms with van der Waals surface area (Å²) in [5.41, 5.74) is 9.51. The van der Waals surface area contributed by atoms with Crippen molar-refractivity contribution in [3.63, 3.8) is 0 Å². The second-order valence-corrected chi connectivity index (χ2v) is 7.45. The Morgan fingerprint density at radius 2 is 2.06 bits per heavy atom. The quantitative estimate of drug-likeness (QED) is 0.509. The summed E-state index contributed by atoms with van der Waals surface area (Å²) in [5.74, 6) is 0.445. The zero-order valence-electron chi connectivity index (χ0n) is 18.2. The number of hydrogen-bond donors (Lipinski definition) is 3. The Bertz CT molecular complexity index is 1240. The predicted molar refractivity (Wildman–Crippen MR) is 119 cm³/mol. The van der Waals surface area contributed by atoms with E-state index in [9.17, 15) is 10.1 Å². The standard InChI is InChI=1S/C24H23N5O4/c1-14-21-22(17(11-25)23(26)33-24(21)29-28-14)16-8-9-18(19(10-16)31-2)32-13-20(30)27-12-15-6-4-3-5-7-15/h3-10,22H,12-13,26H2,1-2H3,(H,27,30)(H,28,29)/t22-/m0/s1. The van der Waals surface area contributed by atoms with Gasteiger partial charge in [0.2, 0.25) is 11.8 Å². The highest BCUT2D eigenvalue weighted by Gasteiger charge is 2.34. The highest BCUT2D eigenvalue weighted by Crippen LogP contribution is 2.44. The van der Waals surface area contributed by atoms with E-state index in [0.717, 1.165) is 22.4 Å². The minimum absolute atomic E-state index is 0.0101. The number of rotatable bonds is 7. The number of nitriles is 1. The highest BCUT2D eigenvalue weighted by molar-refractivity contribution is 5.77. The van der Waals surface area contributed by atoms with Crippen LogP contribution in [0.1, 0.15) is 28.3 Å². The first-order valence-electron chi connectivity index (χ1n) is 10.3. The lowest BCUT2D eigenvalue weighted by Gasteiger charge is -2.24. The van der Waals surface area contributed by atoms with Gasteiger partial charge in [0.05, 0.1) is 13.0 Å². The van der Waals surface area contributed by atoms with Crippen LogP contribution in [0.3, 0.4) is 0 Å². The molecule has 1 atom stereocenters. The number of amides is 1. The van der Waals surface area contributed by atoms with E-state index in [-0.39, 0.29) is 24.0 Å². The van der Waals surface area contributed by atoms with E-state index in [4.69, 9.17) is 19.9 Å². The Kier molecular flexibility index (Phi) is 6.17. The van der Waals surface area contributed by atoms with E-state index < -0.39 is 5.92 Å². The minimum atomic E-state index is -0.477. The van der Waals surface area contributed by atoms with Gasteiger partial charge in [0.25, 0.3) is 5.91 Å². The predicted octanol–water partition coefficient (Wildman–Crippen LogP) is 2.64. The molecule has 9 nitrogen and oxygen atoms in total. The van der Waals surface area contributed by atoms with Gasteiger partial charge in [0.15, 0.2) is 18.1 Å². The van der Waals surface area contributed by atoms with Crippen LogP contribution in [0.5, 0.6) is 17.4 Å². The molecule has 0 bridgehead atoms. The summed E-state index contributed by atoms with van der Waals surface area (Å²) in [4.78, 5) is 12.2. The lowest BCUT2D eigenvalue weighted by atomic mass is 9.84. The Morgan fingerprint density at radius 3 is 2.79 bits per heavy atom. The number of aryl methyl sites for hydroxylation is 1. The van der Waals surface area contributed by atoms with E-state index >= 15 is 0 Å². The first-order valence-corrected chi connectivity index (χ1v) is 10.3. The fourth-order valence-corrected chi connectivity index (χ4v) is 3.71. The molecule has 4 rings (SSSR count). The van der Waals surface area contributed by atoms with Crippen molar-refractivity contribution in [1.82, 2.24) is 15.5 Å². The summed E-state index contributed by atoms with van der Waals surface area (Å²) in [6.45, 7) is 2.10. The molecule has 0 saturated heterocycles. The minimum Gasteiger partial charge on any atom is -0.493 e. The molecular formula is C24H23N5O4. The number of fused-ring (bicyclic) bond motifs is 1. The number of benzene rings is 2. The topological polar surface area (TPSA) is 135 Å². The van der Waals surface area contributed by atoms with E-state index in [1.807, 2.05) is 37.3 Å². The maximum absolute atomic E-state index is 12.2. The molecule has 0 aliphatic carbocycles. The summed E-state index contributed by atoms with van der Waals surface area (Å²) >= 11 is 0. The normalized spacial score (nSPS) is 14.6. The molecule has 2 heterocycles. The SMILES string of the molecule is COc1cc([C@H]2C(C#N)=C(N)Oc3n[nH]c(C)c32)ccc1OCC(=O)NCc1ccccc1. The van der Waals surface area contributed by atoms with Gasteiger partial charge >= 0.3 is 0 Å². The number of allylic oxidation sites excluding steroid dienone is 1. The molecule has 9 heteroatoms. The number of ether oxygens (including phenoxy) is 3. The number of H-pyrrole nitrogens is 1. The lowest BCUT2D eigenvalue weighted by Crippen LogP contribution is -2.28. The van der Waals surface area contributed by atoms with Crippen molar-refractivity contribution >= 4 is 5.91 Å². The summed E-state index contributed by atoms with van der Waals surface area (Å²) in [6, 6.07) is 17.0. The number of nitrogens with one attached hydrogen (secondary N) is 2. The molecule has 0 radical (unpaired) electrons. The van der Waals surface area contributed by atoms with Gasteiger partial charge in [0.1, 0.15) is 11.6 Å². The average molecular weight is 445 g/mol. The van der Waals surface area contributed by atoms with Gasteiger partial charge in [-0.2, -0.15) is 5.26 Å². The molecule has 4 N–H and O–H groups in total. The summed E-state index contributed by atoms with van der Waals surface area (Å²) in [7, 11) is 1.51. The molecular weight excluding hydrogens is 422 g/mol. The van der Waals surface area contributed by atoms with Crippen LogP contribution in [0.4, 0.5) is 0 Å². The van der Waals surface area contributed by atoms with Crippen LogP contribution in [-0.4, -0.2) is 29.8 Å². The van der Waals surface area contributed by atoms with Crippen molar-refractivity contribution in [3.8, 4) is 23.4 Å². The molecule has 2 aromatic carbocycles. The third kappa shape index (κ3) is 4.45. The molecule has 0 unspecified atom stereocenters. The second-order valence-electron chi connectivity index (χ2n) is 7.45. The number of methoxy groups -OCH3 is 1. The van der Waals surface area contributed by atoms with Gasteiger partial charge < -0.3 is 25.3 Å². The van der Waals surface area contributed by atoms with Crippen molar-refractivity contribution in [1.29, 1.82) is 5.26 Å².